The molecule has 0 spiro atoms. The van der Waals surface area contributed by atoms with Crippen molar-refractivity contribution >= 4 is 5.69 Å². The largest absolute Gasteiger partial charge is 0.381 e. The predicted octanol–water partition coefficient (Wildman–Crippen LogP) is 2.10. The van der Waals surface area contributed by atoms with Crippen molar-refractivity contribution in [3.63, 3.8) is 0 Å². The zero-order chi connectivity index (χ0) is 13.1. The maximum absolute atomic E-state index is 5.42. The standard InChI is InChI=1S/C14H18N4O/c1-11(12-4-7-19-9-12)17-13-2-3-14(16-8-13)18-6-5-15-10-18/h2-3,5-6,8,10-12,17H,4,7,9H2,1H3. The van der Waals surface area contributed by atoms with Gasteiger partial charge in [-0.3, -0.25) is 4.57 Å². The monoisotopic (exact) mass is 258 g/mol. The van der Waals surface area contributed by atoms with Crippen LogP contribution in [0.5, 0.6) is 0 Å². The molecule has 5 heteroatoms. The van der Waals surface area contributed by atoms with E-state index >= 15 is 0 Å². The Labute approximate surface area is 112 Å². The van der Waals surface area contributed by atoms with E-state index in [1.807, 2.05) is 23.0 Å². The lowest BCUT2D eigenvalue weighted by molar-refractivity contribution is 0.183. The van der Waals surface area contributed by atoms with Crippen molar-refractivity contribution in [2.75, 3.05) is 18.5 Å². The van der Waals surface area contributed by atoms with Gasteiger partial charge in [0, 0.05) is 31.0 Å². The molecule has 2 aromatic heterocycles. The number of anilines is 1. The van der Waals surface area contributed by atoms with Crippen molar-refractivity contribution in [2.24, 2.45) is 5.92 Å². The Morgan fingerprint density at radius 2 is 2.42 bits per heavy atom. The molecule has 19 heavy (non-hydrogen) atoms. The molecule has 1 aliphatic heterocycles. The molecule has 5 nitrogen and oxygen atoms in total. The number of nitrogens with one attached hydrogen (secondary N) is 1. The van der Waals surface area contributed by atoms with Crippen LogP contribution in [0.15, 0.2) is 37.1 Å². The van der Waals surface area contributed by atoms with Crippen molar-refractivity contribution in [3.8, 4) is 5.82 Å². The van der Waals surface area contributed by atoms with Crippen LogP contribution >= 0.6 is 0 Å². The molecule has 2 atom stereocenters. The van der Waals surface area contributed by atoms with Gasteiger partial charge in [-0.25, -0.2) is 9.97 Å². The molecule has 1 fully saturated rings. The molecule has 0 aliphatic carbocycles. The molecule has 3 rings (SSSR count). The number of pyridine rings is 1. The van der Waals surface area contributed by atoms with Crippen LogP contribution in [0.1, 0.15) is 13.3 Å². The van der Waals surface area contributed by atoms with Gasteiger partial charge in [0.1, 0.15) is 12.1 Å². The summed E-state index contributed by atoms with van der Waals surface area (Å²) in [7, 11) is 0. The number of imidazole rings is 1. The van der Waals surface area contributed by atoms with E-state index in [2.05, 4.69) is 28.3 Å². The number of rotatable bonds is 4. The quantitative estimate of drug-likeness (QED) is 0.912. The summed E-state index contributed by atoms with van der Waals surface area (Å²) >= 11 is 0. The number of aromatic nitrogens is 3. The van der Waals surface area contributed by atoms with Gasteiger partial charge in [0.25, 0.3) is 0 Å². The van der Waals surface area contributed by atoms with Gasteiger partial charge >= 0.3 is 0 Å². The average Bonchev–Trinajstić information content (AvgIpc) is 3.13. The lowest BCUT2D eigenvalue weighted by Crippen LogP contribution is -2.26. The fraction of sp³-hybridized carbons (Fsp3) is 0.429. The first-order valence-electron chi connectivity index (χ1n) is 6.61. The summed E-state index contributed by atoms with van der Waals surface area (Å²) in [5.41, 5.74) is 1.04. The van der Waals surface area contributed by atoms with Crippen LogP contribution < -0.4 is 5.32 Å². The molecule has 0 amide bonds. The van der Waals surface area contributed by atoms with Gasteiger partial charge in [0.2, 0.25) is 0 Å². The molecule has 100 valence electrons. The first-order valence-corrected chi connectivity index (χ1v) is 6.61. The van der Waals surface area contributed by atoms with Gasteiger partial charge in [-0.05, 0) is 25.5 Å². The fourth-order valence-electron chi connectivity index (χ4n) is 2.35. The zero-order valence-corrected chi connectivity index (χ0v) is 11.0. The number of ether oxygens (including phenoxy) is 1. The molecular formula is C14H18N4O. The minimum Gasteiger partial charge on any atom is -0.381 e. The van der Waals surface area contributed by atoms with E-state index in [1.54, 1.807) is 12.5 Å². The van der Waals surface area contributed by atoms with Gasteiger partial charge in [-0.1, -0.05) is 0 Å². The summed E-state index contributed by atoms with van der Waals surface area (Å²) in [5.74, 6) is 1.47. The molecule has 0 bridgehead atoms. The summed E-state index contributed by atoms with van der Waals surface area (Å²) in [6, 6.07) is 4.44. The number of hydrogen-bond donors (Lipinski definition) is 1. The highest BCUT2D eigenvalue weighted by Gasteiger charge is 2.22. The predicted molar refractivity (Wildman–Crippen MR) is 73.4 cm³/mol. The molecule has 1 saturated heterocycles. The highest BCUT2D eigenvalue weighted by atomic mass is 16.5. The van der Waals surface area contributed by atoms with Crippen molar-refractivity contribution in [3.05, 3.63) is 37.1 Å². The van der Waals surface area contributed by atoms with Crippen LogP contribution in [0.2, 0.25) is 0 Å². The van der Waals surface area contributed by atoms with E-state index in [4.69, 9.17) is 4.74 Å². The zero-order valence-electron chi connectivity index (χ0n) is 11.0. The van der Waals surface area contributed by atoms with E-state index in [0.29, 0.717) is 12.0 Å². The second-order valence-corrected chi connectivity index (χ2v) is 4.93. The highest BCUT2D eigenvalue weighted by molar-refractivity contribution is 5.44. The van der Waals surface area contributed by atoms with E-state index < -0.39 is 0 Å². The molecule has 0 radical (unpaired) electrons. The molecule has 2 aromatic rings. The molecular weight excluding hydrogens is 240 g/mol. The van der Waals surface area contributed by atoms with Gasteiger partial charge in [0.05, 0.1) is 18.5 Å². The van der Waals surface area contributed by atoms with Crippen molar-refractivity contribution in [1.82, 2.24) is 14.5 Å². The number of nitrogens with zero attached hydrogens (tertiary/aromatic N) is 3. The Bertz CT molecular complexity index is 503. The summed E-state index contributed by atoms with van der Waals surface area (Å²) in [6.45, 7) is 3.94. The topological polar surface area (TPSA) is 52.0 Å². The minimum atomic E-state index is 0.406. The lowest BCUT2D eigenvalue weighted by Gasteiger charge is -2.20. The van der Waals surface area contributed by atoms with Crippen molar-refractivity contribution in [1.29, 1.82) is 0 Å². The van der Waals surface area contributed by atoms with E-state index in [9.17, 15) is 0 Å². The third kappa shape index (κ3) is 2.76. The second kappa shape index (κ2) is 5.40. The molecule has 2 unspecified atom stereocenters. The van der Waals surface area contributed by atoms with E-state index in [0.717, 1.165) is 31.1 Å². The molecule has 0 saturated carbocycles. The summed E-state index contributed by atoms with van der Waals surface area (Å²) in [4.78, 5) is 8.45. The van der Waals surface area contributed by atoms with Crippen LogP contribution in [0, 0.1) is 5.92 Å². The van der Waals surface area contributed by atoms with Crippen LogP contribution in [0.4, 0.5) is 5.69 Å². The smallest absolute Gasteiger partial charge is 0.137 e. The van der Waals surface area contributed by atoms with Gasteiger partial charge in [-0.2, -0.15) is 0 Å². The Morgan fingerprint density at radius 1 is 1.47 bits per heavy atom. The van der Waals surface area contributed by atoms with Gasteiger partial charge in [0.15, 0.2) is 0 Å². The maximum atomic E-state index is 5.42. The summed E-state index contributed by atoms with van der Waals surface area (Å²) in [6.07, 6.45) is 8.37. The molecule has 1 N–H and O–H groups in total. The first kappa shape index (κ1) is 12.2. The molecule has 1 aliphatic rings. The third-order valence-electron chi connectivity index (χ3n) is 3.58. The van der Waals surface area contributed by atoms with Crippen LogP contribution in [0.25, 0.3) is 5.82 Å². The van der Waals surface area contributed by atoms with Crippen molar-refractivity contribution < 1.29 is 4.74 Å². The van der Waals surface area contributed by atoms with E-state index in [-0.39, 0.29) is 0 Å². The Hall–Kier alpha value is -1.88. The maximum Gasteiger partial charge on any atom is 0.137 e. The summed E-state index contributed by atoms with van der Waals surface area (Å²) in [5, 5.41) is 3.49. The SMILES string of the molecule is CC(Nc1ccc(-n2ccnc2)nc1)C1CCOC1. The van der Waals surface area contributed by atoms with Crippen molar-refractivity contribution in [2.45, 2.75) is 19.4 Å². The lowest BCUT2D eigenvalue weighted by atomic mass is 10.0. The van der Waals surface area contributed by atoms with Crippen LogP contribution in [0.3, 0.4) is 0 Å². The van der Waals surface area contributed by atoms with Gasteiger partial charge < -0.3 is 10.1 Å². The average molecular weight is 258 g/mol. The minimum absolute atomic E-state index is 0.406. The summed E-state index contributed by atoms with van der Waals surface area (Å²) < 4.78 is 7.31. The normalized spacial score (nSPS) is 20.4. The Balaban J connectivity index is 1.65. The fourth-order valence-corrected chi connectivity index (χ4v) is 2.35. The third-order valence-corrected chi connectivity index (χ3v) is 3.58. The van der Waals surface area contributed by atoms with Crippen LogP contribution in [-0.2, 0) is 4.74 Å². The van der Waals surface area contributed by atoms with Crippen LogP contribution in [-0.4, -0.2) is 33.8 Å². The second-order valence-electron chi connectivity index (χ2n) is 4.93. The van der Waals surface area contributed by atoms with E-state index in [1.165, 1.54) is 0 Å². The Kier molecular flexibility index (Phi) is 3.46. The number of hydrogen-bond acceptors (Lipinski definition) is 4. The molecule has 0 aromatic carbocycles. The first-order chi connectivity index (χ1) is 9.33. The molecule has 3 heterocycles. The van der Waals surface area contributed by atoms with Gasteiger partial charge in [-0.15, -0.1) is 0 Å². The Morgan fingerprint density at radius 3 is 3.05 bits per heavy atom. The highest BCUT2D eigenvalue weighted by Crippen LogP contribution is 2.20.